The van der Waals surface area contributed by atoms with Crippen LogP contribution < -0.4 is 0 Å². The molecular formula is C16H10F4N2OS. The summed E-state index contributed by atoms with van der Waals surface area (Å²) in [5.74, 6) is -5.50. The molecule has 24 heavy (non-hydrogen) atoms. The minimum Gasteiger partial charge on any atom is -0.320 e. The molecule has 3 rings (SSSR count). The maximum atomic E-state index is 13.7. The third-order valence-corrected chi connectivity index (χ3v) is 4.58. The van der Waals surface area contributed by atoms with Crippen LogP contribution in [0.15, 0.2) is 29.3 Å². The summed E-state index contributed by atoms with van der Waals surface area (Å²) in [6.07, 6.45) is 0.667. The lowest BCUT2D eigenvalue weighted by atomic mass is 9.93. The number of aromatic nitrogens is 1. The highest BCUT2D eigenvalue weighted by atomic mass is 32.2. The maximum Gasteiger partial charge on any atom is 0.310 e. The molecule has 8 heteroatoms. The topological polar surface area (TPSA) is 26.4 Å². The number of hydrogen-bond acceptors (Lipinski definition) is 2. The lowest BCUT2D eigenvalue weighted by molar-refractivity contribution is 0.00143. The fourth-order valence-electron chi connectivity index (χ4n) is 2.72. The van der Waals surface area contributed by atoms with Crippen molar-refractivity contribution in [2.24, 2.45) is 0 Å². The second-order valence-corrected chi connectivity index (χ2v) is 6.17. The van der Waals surface area contributed by atoms with Gasteiger partial charge in [0.25, 0.3) is 0 Å². The summed E-state index contributed by atoms with van der Waals surface area (Å²) >= 11 is 0.647. The van der Waals surface area contributed by atoms with Crippen molar-refractivity contribution < 1.29 is 22.4 Å². The summed E-state index contributed by atoms with van der Waals surface area (Å²) in [6, 6.07) is 2.87. The molecule has 0 fully saturated rings. The Hall–Kier alpha value is -2.27. The van der Waals surface area contributed by atoms with E-state index in [-0.39, 0.29) is 22.6 Å². The van der Waals surface area contributed by atoms with Gasteiger partial charge in [-0.25, -0.2) is 13.6 Å². The number of thioether (sulfide) groups is 1. The lowest BCUT2D eigenvalue weighted by Crippen LogP contribution is -2.34. The fourth-order valence-corrected chi connectivity index (χ4v) is 3.37. The number of ketones is 1. The van der Waals surface area contributed by atoms with Gasteiger partial charge in [0.1, 0.15) is 11.8 Å². The van der Waals surface area contributed by atoms with Crippen LogP contribution in [0.4, 0.5) is 23.2 Å². The van der Waals surface area contributed by atoms with Gasteiger partial charge in [0, 0.05) is 28.9 Å². The zero-order valence-corrected chi connectivity index (χ0v) is 13.0. The van der Waals surface area contributed by atoms with Gasteiger partial charge in [-0.3, -0.25) is 4.79 Å². The molecule has 0 spiro atoms. The van der Waals surface area contributed by atoms with E-state index in [1.807, 2.05) is 0 Å². The molecule has 0 atom stereocenters. The smallest absolute Gasteiger partial charge is 0.310 e. The molecule has 1 aromatic carbocycles. The normalized spacial score (nSPS) is 15.9. The van der Waals surface area contributed by atoms with Crippen molar-refractivity contribution in [3.63, 3.8) is 0 Å². The highest BCUT2D eigenvalue weighted by Gasteiger charge is 2.46. The Kier molecular flexibility index (Phi) is 4.13. The number of rotatable bonds is 3. The molecule has 0 unspecified atom stereocenters. The van der Waals surface area contributed by atoms with Crippen molar-refractivity contribution >= 4 is 23.2 Å². The first-order valence-corrected chi connectivity index (χ1v) is 7.90. The highest BCUT2D eigenvalue weighted by molar-refractivity contribution is 7.99. The first-order valence-electron chi connectivity index (χ1n) is 6.92. The first-order chi connectivity index (χ1) is 11.4. The zero-order chi connectivity index (χ0) is 17.5. The number of fused-ring (bicyclic) bond motifs is 1. The van der Waals surface area contributed by atoms with Crippen LogP contribution in [0, 0.1) is 12.4 Å². The van der Waals surface area contributed by atoms with E-state index in [1.165, 1.54) is 22.9 Å². The number of alkyl halides is 3. The van der Waals surface area contributed by atoms with Gasteiger partial charge in [0.05, 0.1) is 12.1 Å². The molecule has 2 aromatic rings. The Bertz CT molecular complexity index is 870. The molecule has 0 amide bonds. The third kappa shape index (κ3) is 2.59. The van der Waals surface area contributed by atoms with Crippen molar-refractivity contribution in [2.45, 2.75) is 23.7 Å². The van der Waals surface area contributed by atoms with Crippen molar-refractivity contribution in [1.82, 2.24) is 4.57 Å². The van der Waals surface area contributed by atoms with E-state index < -0.39 is 30.0 Å². The van der Waals surface area contributed by atoms with E-state index in [2.05, 4.69) is 4.85 Å². The van der Waals surface area contributed by atoms with E-state index in [0.29, 0.717) is 23.1 Å². The molecule has 1 aliphatic rings. The second-order valence-electron chi connectivity index (χ2n) is 5.22. The predicted molar refractivity (Wildman–Crippen MR) is 81.4 cm³/mol. The summed E-state index contributed by atoms with van der Waals surface area (Å²) in [7, 11) is 0. The number of carbonyl (C=O) groups excluding carboxylic acids is 1. The van der Waals surface area contributed by atoms with Crippen molar-refractivity contribution in [3.05, 3.63) is 52.9 Å². The fraction of sp³-hybridized carbons (Fsp3) is 0.250. The van der Waals surface area contributed by atoms with Gasteiger partial charge in [-0.1, -0.05) is 11.8 Å². The van der Waals surface area contributed by atoms with E-state index in [9.17, 15) is 22.4 Å². The predicted octanol–water partition coefficient (Wildman–Crippen LogP) is 4.95. The minimum atomic E-state index is -3.48. The van der Waals surface area contributed by atoms with Crippen molar-refractivity contribution in [2.75, 3.05) is 6.01 Å². The van der Waals surface area contributed by atoms with Gasteiger partial charge in [0.15, 0.2) is 0 Å². The number of nitrogens with zero attached hydrogens (tertiary/aromatic N) is 2. The monoisotopic (exact) mass is 354 g/mol. The van der Waals surface area contributed by atoms with Gasteiger partial charge in [-0.15, -0.1) is 0 Å². The Labute approximate surface area is 139 Å². The van der Waals surface area contributed by atoms with Crippen molar-refractivity contribution in [3.8, 4) is 5.69 Å². The summed E-state index contributed by atoms with van der Waals surface area (Å²) in [5, 5.41) is 0. The standard InChI is InChI=1S/C16H10F4N2OS/c1-21-11-6-9(2-3-10(11)18)22-7-13(24-8-17)14-12(22)4-5-16(19,20)15(14)23/h2-3,6-7H,4-5,8H2. The molecular weight excluding hydrogens is 344 g/mol. The van der Waals surface area contributed by atoms with Crippen LogP contribution in [0.5, 0.6) is 0 Å². The molecule has 0 saturated carbocycles. The largest absolute Gasteiger partial charge is 0.320 e. The molecule has 0 N–H and O–H groups in total. The van der Waals surface area contributed by atoms with Gasteiger partial charge >= 0.3 is 5.92 Å². The molecule has 1 aliphatic carbocycles. The van der Waals surface area contributed by atoms with Gasteiger partial charge in [-0.05, 0) is 24.6 Å². The summed E-state index contributed by atoms with van der Waals surface area (Å²) < 4.78 is 55.1. The van der Waals surface area contributed by atoms with E-state index in [1.54, 1.807) is 0 Å². The first kappa shape index (κ1) is 16.6. The van der Waals surface area contributed by atoms with Gasteiger partial charge < -0.3 is 4.57 Å². The Morgan fingerprint density at radius 3 is 2.79 bits per heavy atom. The summed E-state index contributed by atoms with van der Waals surface area (Å²) in [6.45, 7) is 6.96. The Morgan fingerprint density at radius 1 is 1.38 bits per heavy atom. The van der Waals surface area contributed by atoms with Crippen LogP contribution in [0.3, 0.4) is 0 Å². The molecule has 3 nitrogen and oxygen atoms in total. The average Bonchev–Trinajstić information content (AvgIpc) is 2.91. The Morgan fingerprint density at radius 2 is 2.12 bits per heavy atom. The van der Waals surface area contributed by atoms with E-state index in [4.69, 9.17) is 6.57 Å². The number of hydrogen-bond donors (Lipinski definition) is 0. The van der Waals surface area contributed by atoms with Crippen LogP contribution in [0.1, 0.15) is 22.5 Å². The second kappa shape index (κ2) is 5.98. The van der Waals surface area contributed by atoms with Crippen LogP contribution in [-0.4, -0.2) is 22.3 Å². The summed E-state index contributed by atoms with van der Waals surface area (Å²) in [4.78, 5) is 15.2. The number of benzene rings is 1. The maximum absolute atomic E-state index is 13.7. The van der Waals surface area contributed by atoms with Gasteiger partial charge in [0.2, 0.25) is 11.5 Å². The molecule has 0 radical (unpaired) electrons. The van der Waals surface area contributed by atoms with Crippen LogP contribution in [0.2, 0.25) is 0 Å². The van der Waals surface area contributed by atoms with Crippen LogP contribution in [-0.2, 0) is 6.42 Å². The Balaban J connectivity index is 2.20. The van der Waals surface area contributed by atoms with Crippen LogP contribution in [0.25, 0.3) is 10.5 Å². The van der Waals surface area contributed by atoms with E-state index in [0.717, 1.165) is 6.07 Å². The average molecular weight is 354 g/mol. The molecule has 0 aliphatic heterocycles. The van der Waals surface area contributed by atoms with Crippen molar-refractivity contribution in [1.29, 1.82) is 0 Å². The van der Waals surface area contributed by atoms with Crippen LogP contribution >= 0.6 is 11.8 Å². The third-order valence-electron chi connectivity index (χ3n) is 3.85. The molecule has 1 heterocycles. The number of halogens is 4. The summed E-state index contributed by atoms with van der Waals surface area (Å²) in [5.41, 5.74) is 0.275. The molecule has 1 aromatic heterocycles. The molecule has 124 valence electrons. The molecule has 0 bridgehead atoms. The number of carbonyl (C=O) groups is 1. The quantitative estimate of drug-likeness (QED) is 0.443. The SMILES string of the molecule is [C-]#[N+]c1cc(-n2cc(SCF)c3c2CCC(F)(F)C3=O)ccc1F. The number of Topliss-reactive ketones (excluding diaryl/α,β-unsaturated/α-hetero) is 1. The minimum absolute atomic E-state index is 0.0777. The highest BCUT2D eigenvalue weighted by Crippen LogP contribution is 2.40. The zero-order valence-electron chi connectivity index (χ0n) is 12.2. The van der Waals surface area contributed by atoms with E-state index >= 15 is 0 Å². The molecule has 0 saturated heterocycles. The van der Waals surface area contributed by atoms with Gasteiger partial charge in [-0.2, -0.15) is 8.78 Å². The lowest BCUT2D eigenvalue weighted by Gasteiger charge is -2.22.